The van der Waals surface area contributed by atoms with E-state index in [0.717, 1.165) is 44.4 Å². The number of halogens is 1. The van der Waals surface area contributed by atoms with Crippen LogP contribution in [0.2, 0.25) is 0 Å². The largest absolute Gasteiger partial charge is 0.493 e. The molecule has 1 saturated heterocycles. The van der Waals surface area contributed by atoms with Crippen LogP contribution in [0.4, 0.5) is 0 Å². The van der Waals surface area contributed by atoms with Crippen molar-refractivity contribution in [2.45, 2.75) is 39.4 Å². The molecule has 1 aliphatic heterocycles. The molecule has 30 heavy (non-hydrogen) atoms. The Labute approximate surface area is 197 Å². The lowest BCUT2D eigenvalue weighted by Gasteiger charge is -2.38. The number of aliphatic imine (C=N–C) groups is 1. The van der Waals surface area contributed by atoms with Gasteiger partial charge < -0.3 is 29.6 Å². The van der Waals surface area contributed by atoms with Crippen LogP contribution in [-0.4, -0.2) is 77.1 Å². The molecule has 0 bridgehead atoms. The first-order valence-electron chi connectivity index (χ1n) is 10.2. The number of ether oxygens (including phenoxy) is 4. The molecular formula is C21H37IN4O4. The predicted octanol–water partition coefficient (Wildman–Crippen LogP) is 2.49. The van der Waals surface area contributed by atoms with Crippen LogP contribution in [0.25, 0.3) is 0 Å². The normalized spacial score (nSPS) is 18.2. The maximum atomic E-state index is 5.54. The molecule has 9 heteroatoms. The van der Waals surface area contributed by atoms with Gasteiger partial charge in [0.15, 0.2) is 17.5 Å². The Morgan fingerprint density at radius 3 is 2.40 bits per heavy atom. The van der Waals surface area contributed by atoms with Crippen LogP contribution in [0, 0.1) is 0 Å². The molecule has 1 fully saturated rings. The highest BCUT2D eigenvalue weighted by molar-refractivity contribution is 14.0. The summed E-state index contributed by atoms with van der Waals surface area (Å²) in [6.07, 6.45) is 0. The van der Waals surface area contributed by atoms with Crippen LogP contribution < -0.4 is 24.8 Å². The Kier molecular flexibility index (Phi) is 12.2. The highest BCUT2D eigenvalue weighted by Gasteiger charge is 2.23. The van der Waals surface area contributed by atoms with Crippen LogP contribution in [0.3, 0.4) is 0 Å². The summed E-state index contributed by atoms with van der Waals surface area (Å²) in [4.78, 5) is 7.20. The van der Waals surface area contributed by atoms with Crippen LogP contribution >= 0.6 is 24.0 Å². The average Bonchev–Trinajstić information content (AvgIpc) is 2.74. The fourth-order valence-electron chi connectivity index (χ4n) is 3.50. The Balaban J connectivity index is 0.00000450. The van der Waals surface area contributed by atoms with Crippen molar-refractivity contribution in [3.05, 3.63) is 17.7 Å². The van der Waals surface area contributed by atoms with E-state index in [-0.39, 0.29) is 24.0 Å². The van der Waals surface area contributed by atoms with E-state index in [1.807, 2.05) is 12.1 Å². The lowest BCUT2D eigenvalue weighted by Crippen LogP contribution is -2.53. The second-order valence-electron chi connectivity index (χ2n) is 7.12. The van der Waals surface area contributed by atoms with Gasteiger partial charge in [0, 0.05) is 31.7 Å². The van der Waals surface area contributed by atoms with Crippen LogP contribution in [0.5, 0.6) is 17.2 Å². The van der Waals surface area contributed by atoms with E-state index in [1.165, 1.54) is 0 Å². The van der Waals surface area contributed by atoms with Crippen molar-refractivity contribution >= 4 is 29.9 Å². The van der Waals surface area contributed by atoms with Crippen molar-refractivity contribution < 1.29 is 18.9 Å². The third-order valence-electron chi connectivity index (χ3n) is 5.04. The molecule has 1 heterocycles. The van der Waals surface area contributed by atoms with Crippen molar-refractivity contribution in [1.29, 1.82) is 0 Å². The summed E-state index contributed by atoms with van der Waals surface area (Å²) in [7, 11) is 4.83. The maximum absolute atomic E-state index is 5.54. The molecule has 1 aromatic carbocycles. The highest BCUT2D eigenvalue weighted by Crippen LogP contribution is 2.38. The first kappa shape index (κ1) is 26.6. The summed E-state index contributed by atoms with van der Waals surface area (Å²) in [6, 6.07) is 4.66. The van der Waals surface area contributed by atoms with Gasteiger partial charge in [-0.2, -0.15) is 0 Å². The summed E-state index contributed by atoms with van der Waals surface area (Å²) in [5.74, 6) is 2.63. The van der Waals surface area contributed by atoms with E-state index in [0.29, 0.717) is 35.9 Å². The fraction of sp³-hybridized carbons (Fsp3) is 0.667. The van der Waals surface area contributed by atoms with E-state index in [2.05, 4.69) is 36.3 Å². The summed E-state index contributed by atoms with van der Waals surface area (Å²) >= 11 is 0. The zero-order valence-corrected chi connectivity index (χ0v) is 21.3. The van der Waals surface area contributed by atoms with Crippen molar-refractivity contribution in [3.8, 4) is 17.2 Å². The molecule has 0 radical (unpaired) electrons. The van der Waals surface area contributed by atoms with Crippen LogP contribution in [0.15, 0.2) is 17.1 Å². The molecule has 8 nitrogen and oxygen atoms in total. The minimum Gasteiger partial charge on any atom is -0.493 e. The number of benzene rings is 1. The van der Waals surface area contributed by atoms with Gasteiger partial charge in [-0.05, 0) is 38.5 Å². The van der Waals surface area contributed by atoms with Gasteiger partial charge in [0.1, 0.15) is 0 Å². The number of methoxy groups -OCH3 is 3. The molecule has 0 saturated carbocycles. The number of rotatable bonds is 9. The molecule has 172 valence electrons. The third-order valence-corrected chi connectivity index (χ3v) is 5.04. The molecule has 2 unspecified atom stereocenters. The third kappa shape index (κ3) is 7.35. The lowest BCUT2D eigenvalue weighted by atomic mass is 10.2. The zero-order chi connectivity index (χ0) is 21.2. The molecule has 0 spiro atoms. The Bertz CT molecular complexity index is 649. The topological polar surface area (TPSA) is 76.6 Å². The van der Waals surface area contributed by atoms with Gasteiger partial charge in [-0.15, -0.1) is 24.0 Å². The van der Waals surface area contributed by atoms with Gasteiger partial charge in [-0.1, -0.05) is 0 Å². The van der Waals surface area contributed by atoms with Crippen LogP contribution in [-0.2, 0) is 11.3 Å². The first-order chi connectivity index (χ1) is 14.0. The molecular weight excluding hydrogens is 499 g/mol. The van der Waals surface area contributed by atoms with E-state index in [4.69, 9.17) is 23.9 Å². The molecule has 0 aromatic heterocycles. The molecule has 2 rings (SSSR count). The Hall–Kier alpha value is -1.46. The van der Waals surface area contributed by atoms with Crippen molar-refractivity contribution in [3.63, 3.8) is 0 Å². The summed E-state index contributed by atoms with van der Waals surface area (Å²) in [5, 5.41) is 6.77. The van der Waals surface area contributed by atoms with Gasteiger partial charge in [0.25, 0.3) is 0 Å². The van der Waals surface area contributed by atoms with Gasteiger partial charge in [-0.25, -0.2) is 4.99 Å². The van der Waals surface area contributed by atoms with Gasteiger partial charge in [0.05, 0.1) is 41.1 Å². The summed E-state index contributed by atoms with van der Waals surface area (Å²) in [5.41, 5.74) is 0.978. The SMILES string of the molecule is CCNC(=NCc1cc(OC)c(OC)c(OC)c1)NCC(C)N1CCOCC1C.I. The maximum Gasteiger partial charge on any atom is 0.203 e. The van der Waals surface area contributed by atoms with Crippen LogP contribution in [0.1, 0.15) is 26.3 Å². The van der Waals surface area contributed by atoms with Crippen molar-refractivity contribution in [1.82, 2.24) is 15.5 Å². The summed E-state index contributed by atoms with van der Waals surface area (Å²) < 4.78 is 21.8. The molecule has 1 aliphatic rings. The average molecular weight is 536 g/mol. The molecule has 2 atom stereocenters. The summed E-state index contributed by atoms with van der Waals surface area (Å²) in [6.45, 7) is 11.1. The number of hydrogen-bond acceptors (Lipinski definition) is 6. The Morgan fingerprint density at radius 2 is 1.87 bits per heavy atom. The molecule has 2 N–H and O–H groups in total. The van der Waals surface area contributed by atoms with Gasteiger partial charge in [-0.3, -0.25) is 4.90 Å². The second-order valence-corrected chi connectivity index (χ2v) is 7.12. The van der Waals surface area contributed by atoms with E-state index in [1.54, 1.807) is 21.3 Å². The van der Waals surface area contributed by atoms with E-state index >= 15 is 0 Å². The van der Waals surface area contributed by atoms with Crippen molar-refractivity contribution in [2.24, 2.45) is 4.99 Å². The second kappa shape index (κ2) is 13.8. The first-order valence-corrected chi connectivity index (χ1v) is 10.2. The zero-order valence-electron chi connectivity index (χ0n) is 19.0. The lowest BCUT2D eigenvalue weighted by molar-refractivity contribution is -0.0174. The minimum atomic E-state index is 0. The number of morpholine rings is 1. The minimum absolute atomic E-state index is 0. The molecule has 0 amide bonds. The number of hydrogen-bond donors (Lipinski definition) is 2. The number of nitrogens with zero attached hydrogens (tertiary/aromatic N) is 2. The van der Waals surface area contributed by atoms with E-state index in [9.17, 15) is 0 Å². The van der Waals surface area contributed by atoms with Gasteiger partial charge >= 0.3 is 0 Å². The van der Waals surface area contributed by atoms with Gasteiger partial charge in [0.2, 0.25) is 5.75 Å². The van der Waals surface area contributed by atoms with Crippen molar-refractivity contribution in [2.75, 3.05) is 54.2 Å². The quantitative estimate of drug-likeness (QED) is 0.286. The van der Waals surface area contributed by atoms with E-state index < -0.39 is 0 Å². The Morgan fingerprint density at radius 1 is 1.20 bits per heavy atom. The molecule has 0 aliphatic carbocycles. The number of guanidine groups is 1. The molecule has 1 aromatic rings. The standard InChI is InChI=1S/C21H36N4O4.HI/c1-7-22-21(23-12-15(2)25-8-9-29-14-16(25)3)24-13-17-10-18(26-4)20(28-6)19(11-17)27-5;/h10-11,15-16H,7-9,12-14H2,1-6H3,(H2,22,23,24);1H. The smallest absolute Gasteiger partial charge is 0.203 e. The number of nitrogens with one attached hydrogen (secondary N) is 2. The fourth-order valence-corrected chi connectivity index (χ4v) is 3.50. The highest BCUT2D eigenvalue weighted by atomic mass is 127. The predicted molar refractivity (Wildman–Crippen MR) is 131 cm³/mol. The monoisotopic (exact) mass is 536 g/mol.